The lowest BCUT2D eigenvalue weighted by atomic mass is 10.1. The largest absolute Gasteiger partial charge is 0.286 e. The maximum Gasteiger partial charge on any atom is 0.264 e. The lowest BCUT2D eigenvalue weighted by Crippen LogP contribution is -2.03. The predicted molar refractivity (Wildman–Crippen MR) is 65.0 cm³/mol. The van der Waals surface area contributed by atoms with Crippen LogP contribution in [0, 0.1) is 0 Å². The van der Waals surface area contributed by atoms with Crippen molar-refractivity contribution in [1.29, 1.82) is 0 Å². The number of hydrogen-bond donors (Lipinski definition) is 1. The molecule has 1 aromatic carbocycles. The summed E-state index contributed by atoms with van der Waals surface area (Å²) in [5.74, 6) is -0.113. The molecule has 0 bridgehead atoms. The molecule has 1 aromatic rings. The normalized spacial score (nSPS) is 11.6. The molecule has 0 spiro atoms. The van der Waals surface area contributed by atoms with E-state index in [0.717, 1.165) is 25.7 Å². The van der Waals surface area contributed by atoms with Gasteiger partial charge in [0.15, 0.2) is 0 Å². The van der Waals surface area contributed by atoms with Gasteiger partial charge in [-0.15, -0.1) is 0 Å². The molecule has 3 nitrogen and oxygen atoms in total. The third-order valence-corrected chi connectivity index (χ3v) is 3.27. The summed E-state index contributed by atoms with van der Waals surface area (Å²) in [6.45, 7) is 0. The summed E-state index contributed by atoms with van der Waals surface area (Å²) in [6, 6.07) is 10.2. The van der Waals surface area contributed by atoms with Crippen molar-refractivity contribution in [3.8, 4) is 0 Å². The second-order valence-corrected chi connectivity index (χ2v) is 5.51. The zero-order chi connectivity index (χ0) is 11.9. The van der Waals surface area contributed by atoms with Gasteiger partial charge in [0.05, 0.1) is 5.75 Å². The first-order valence-electron chi connectivity index (χ1n) is 5.57. The number of rotatable bonds is 7. The van der Waals surface area contributed by atoms with E-state index in [2.05, 4.69) is 12.1 Å². The van der Waals surface area contributed by atoms with Crippen molar-refractivity contribution in [3.05, 3.63) is 35.9 Å². The van der Waals surface area contributed by atoms with E-state index in [1.165, 1.54) is 5.56 Å². The lowest BCUT2D eigenvalue weighted by molar-refractivity contribution is 0.479. The Bertz CT molecular complexity index is 384. The molecule has 0 amide bonds. The molecule has 1 N–H and O–H groups in total. The van der Waals surface area contributed by atoms with Crippen LogP contribution in [0.15, 0.2) is 30.3 Å². The van der Waals surface area contributed by atoms with Crippen LogP contribution in [-0.2, 0) is 16.5 Å². The summed E-state index contributed by atoms with van der Waals surface area (Å²) in [7, 11) is -3.76. The molecule has 0 radical (unpaired) electrons. The van der Waals surface area contributed by atoms with Gasteiger partial charge < -0.3 is 0 Å². The number of unbranched alkanes of at least 4 members (excludes halogenated alkanes) is 3. The molecule has 0 unspecified atom stereocenters. The Morgan fingerprint density at radius 2 is 1.56 bits per heavy atom. The van der Waals surface area contributed by atoms with Crippen molar-refractivity contribution < 1.29 is 13.0 Å². The number of hydrogen-bond acceptors (Lipinski definition) is 2. The van der Waals surface area contributed by atoms with E-state index >= 15 is 0 Å². The van der Waals surface area contributed by atoms with Gasteiger partial charge >= 0.3 is 0 Å². The minimum absolute atomic E-state index is 0.113. The molecule has 90 valence electrons. The average molecular weight is 242 g/mol. The molecule has 0 saturated carbocycles. The molecule has 0 fully saturated rings. The molecule has 0 aliphatic carbocycles. The smallest absolute Gasteiger partial charge is 0.264 e. The van der Waals surface area contributed by atoms with Gasteiger partial charge in [-0.2, -0.15) is 8.42 Å². The predicted octanol–water partition coefficient (Wildman–Crippen LogP) is 2.68. The molecule has 0 aliphatic heterocycles. The molecule has 0 aromatic heterocycles. The third kappa shape index (κ3) is 6.58. The van der Waals surface area contributed by atoms with E-state index in [4.69, 9.17) is 4.55 Å². The molecule has 0 atom stereocenters. The van der Waals surface area contributed by atoms with Crippen LogP contribution >= 0.6 is 0 Å². The van der Waals surface area contributed by atoms with Crippen LogP contribution < -0.4 is 0 Å². The van der Waals surface area contributed by atoms with Gasteiger partial charge in [0.2, 0.25) is 0 Å². The summed E-state index contributed by atoms with van der Waals surface area (Å²) in [6.07, 6.45) is 4.51. The fraction of sp³-hybridized carbons (Fsp3) is 0.500. The SMILES string of the molecule is O=S(=O)(O)CCCCCCc1ccccc1. The van der Waals surface area contributed by atoms with Gasteiger partial charge in [-0.05, 0) is 24.8 Å². The van der Waals surface area contributed by atoms with Crippen LogP contribution in [0.5, 0.6) is 0 Å². The van der Waals surface area contributed by atoms with Gasteiger partial charge in [-0.25, -0.2) is 0 Å². The van der Waals surface area contributed by atoms with E-state index in [0.29, 0.717) is 6.42 Å². The molecular weight excluding hydrogens is 224 g/mol. The standard InChI is InChI=1S/C12H18O3S/c13-16(14,15)11-7-2-1-4-8-12-9-5-3-6-10-12/h3,5-6,9-10H,1-2,4,7-8,11H2,(H,13,14,15). The highest BCUT2D eigenvalue weighted by molar-refractivity contribution is 7.85. The van der Waals surface area contributed by atoms with Crippen LogP contribution in [0.4, 0.5) is 0 Å². The number of aryl methyl sites for hydroxylation is 1. The Hall–Kier alpha value is -0.870. The minimum atomic E-state index is -3.76. The highest BCUT2D eigenvalue weighted by Gasteiger charge is 2.02. The van der Waals surface area contributed by atoms with Crippen molar-refractivity contribution in [1.82, 2.24) is 0 Å². The van der Waals surface area contributed by atoms with Crippen molar-refractivity contribution in [2.24, 2.45) is 0 Å². The summed E-state index contributed by atoms with van der Waals surface area (Å²) < 4.78 is 29.4. The van der Waals surface area contributed by atoms with E-state index in [-0.39, 0.29) is 5.75 Å². The van der Waals surface area contributed by atoms with Crippen molar-refractivity contribution in [2.75, 3.05) is 5.75 Å². The Labute approximate surface area is 97.2 Å². The second kappa shape index (κ2) is 6.66. The monoisotopic (exact) mass is 242 g/mol. The molecular formula is C12H18O3S. The van der Waals surface area contributed by atoms with Gasteiger partial charge in [-0.3, -0.25) is 4.55 Å². The first kappa shape index (κ1) is 13.2. The molecule has 0 saturated heterocycles. The Kier molecular flexibility index (Phi) is 5.49. The van der Waals surface area contributed by atoms with Crippen LogP contribution in [0.25, 0.3) is 0 Å². The molecule has 1 rings (SSSR count). The van der Waals surface area contributed by atoms with Gasteiger partial charge in [0.1, 0.15) is 0 Å². The fourth-order valence-corrected chi connectivity index (χ4v) is 2.18. The maximum atomic E-state index is 10.4. The first-order valence-corrected chi connectivity index (χ1v) is 7.18. The lowest BCUT2D eigenvalue weighted by Gasteiger charge is -2.01. The van der Waals surface area contributed by atoms with E-state index < -0.39 is 10.1 Å². The summed E-state index contributed by atoms with van der Waals surface area (Å²) >= 11 is 0. The van der Waals surface area contributed by atoms with E-state index in [9.17, 15) is 8.42 Å². The van der Waals surface area contributed by atoms with E-state index in [1.807, 2.05) is 18.2 Å². The Balaban J connectivity index is 2.05. The molecule has 0 aliphatic rings. The average Bonchev–Trinajstić information content (AvgIpc) is 2.23. The first-order chi connectivity index (χ1) is 7.58. The van der Waals surface area contributed by atoms with Gasteiger partial charge in [-0.1, -0.05) is 43.2 Å². The summed E-state index contributed by atoms with van der Waals surface area (Å²) in [5, 5.41) is 0. The third-order valence-electron chi connectivity index (χ3n) is 2.46. The van der Waals surface area contributed by atoms with Gasteiger partial charge in [0, 0.05) is 0 Å². The van der Waals surface area contributed by atoms with Gasteiger partial charge in [0.25, 0.3) is 10.1 Å². The highest BCUT2D eigenvalue weighted by atomic mass is 32.2. The van der Waals surface area contributed by atoms with Crippen molar-refractivity contribution in [3.63, 3.8) is 0 Å². The molecule has 16 heavy (non-hydrogen) atoms. The minimum Gasteiger partial charge on any atom is -0.286 e. The van der Waals surface area contributed by atoms with Crippen molar-refractivity contribution in [2.45, 2.75) is 32.1 Å². The maximum absolute atomic E-state index is 10.4. The zero-order valence-electron chi connectivity index (χ0n) is 9.30. The Morgan fingerprint density at radius 3 is 2.19 bits per heavy atom. The van der Waals surface area contributed by atoms with Crippen molar-refractivity contribution >= 4 is 10.1 Å². The highest BCUT2D eigenvalue weighted by Crippen LogP contribution is 2.08. The van der Waals surface area contributed by atoms with Crippen LogP contribution in [-0.4, -0.2) is 18.7 Å². The van der Waals surface area contributed by atoms with E-state index in [1.54, 1.807) is 0 Å². The van der Waals surface area contributed by atoms with Crippen LogP contribution in [0.2, 0.25) is 0 Å². The fourth-order valence-electron chi connectivity index (χ4n) is 1.61. The molecule has 0 heterocycles. The number of benzene rings is 1. The summed E-state index contributed by atoms with van der Waals surface area (Å²) in [4.78, 5) is 0. The zero-order valence-corrected chi connectivity index (χ0v) is 10.1. The second-order valence-electron chi connectivity index (χ2n) is 3.94. The quantitative estimate of drug-likeness (QED) is 0.591. The van der Waals surface area contributed by atoms with Crippen LogP contribution in [0.1, 0.15) is 31.2 Å². The molecule has 4 heteroatoms. The topological polar surface area (TPSA) is 54.4 Å². The Morgan fingerprint density at radius 1 is 0.938 bits per heavy atom. The summed E-state index contributed by atoms with van der Waals surface area (Å²) in [5.41, 5.74) is 1.32. The van der Waals surface area contributed by atoms with Crippen LogP contribution in [0.3, 0.4) is 0 Å².